The Balaban J connectivity index is 3.04. The van der Waals surface area contributed by atoms with E-state index < -0.39 is 6.10 Å². The van der Waals surface area contributed by atoms with E-state index in [-0.39, 0.29) is 0 Å². The van der Waals surface area contributed by atoms with Crippen molar-refractivity contribution in [1.29, 1.82) is 0 Å². The van der Waals surface area contributed by atoms with Crippen LogP contribution in [-0.2, 0) is 0 Å². The van der Waals surface area contributed by atoms with Gasteiger partial charge in [-0.05, 0) is 26.7 Å². The van der Waals surface area contributed by atoms with Crippen molar-refractivity contribution in [2.75, 3.05) is 0 Å². The highest BCUT2D eigenvalue weighted by molar-refractivity contribution is 5.36. The Morgan fingerprint density at radius 3 is 2.69 bits per heavy atom. The molecule has 0 bridgehead atoms. The summed E-state index contributed by atoms with van der Waals surface area (Å²) in [4.78, 5) is 8.04. The van der Waals surface area contributed by atoms with Crippen molar-refractivity contribution in [1.82, 2.24) is 9.97 Å². The van der Waals surface area contributed by atoms with E-state index in [1.807, 2.05) is 13.8 Å². The van der Waals surface area contributed by atoms with Crippen LogP contribution in [0.5, 0.6) is 0 Å². The highest BCUT2D eigenvalue weighted by atomic mass is 16.3. The molecule has 1 atom stereocenters. The summed E-state index contributed by atoms with van der Waals surface area (Å²) in [6.45, 7) is 5.45. The third-order valence-electron chi connectivity index (χ3n) is 1.74. The molecular formula is C10H12N2O. The molecule has 0 spiro atoms. The van der Waals surface area contributed by atoms with Gasteiger partial charge in [-0.15, -0.1) is 0 Å². The molecule has 3 heteroatoms. The summed E-state index contributed by atoms with van der Waals surface area (Å²) in [6, 6.07) is 0. The molecule has 0 aliphatic heterocycles. The van der Waals surface area contributed by atoms with Crippen LogP contribution in [0, 0.1) is 25.7 Å². The Morgan fingerprint density at radius 2 is 2.08 bits per heavy atom. The predicted octanol–water partition coefficient (Wildman–Crippen LogP) is 0.826. The summed E-state index contributed by atoms with van der Waals surface area (Å²) >= 11 is 0. The number of hydrogen-bond acceptors (Lipinski definition) is 3. The van der Waals surface area contributed by atoms with E-state index >= 15 is 0 Å². The average Bonchev–Trinajstić information content (AvgIpc) is 2.07. The topological polar surface area (TPSA) is 46.0 Å². The molecule has 68 valence electrons. The van der Waals surface area contributed by atoms with Gasteiger partial charge in [-0.25, -0.2) is 9.97 Å². The van der Waals surface area contributed by atoms with Gasteiger partial charge >= 0.3 is 0 Å². The fourth-order valence-electron chi connectivity index (χ4n) is 0.837. The Kier molecular flexibility index (Phi) is 2.99. The number of aryl methyl sites for hydroxylation is 1. The molecule has 0 fully saturated rings. The summed E-state index contributed by atoms with van der Waals surface area (Å²) in [6.07, 6.45) is 0.864. The summed E-state index contributed by atoms with van der Waals surface area (Å²) in [5.41, 5.74) is 2.58. The minimum Gasteiger partial charge on any atom is -0.381 e. The van der Waals surface area contributed by atoms with Crippen LogP contribution in [0.15, 0.2) is 6.33 Å². The largest absolute Gasteiger partial charge is 0.381 e. The van der Waals surface area contributed by atoms with Crippen LogP contribution in [-0.4, -0.2) is 21.2 Å². The summed E-state index contributed by atoms with van der Waals surface area (Å²) < 4.78 is 0. The lowest BCUT2D eigenvalue weighted by Crippen LogP contribution is -1.97. The average molecular weight is 176 g/mol. The second kappa shape index (κ2) is 4.01. The Morgan fingerprint density at radius 1 is 1.38 bits per heavy atom. The number of hydrogen-bond donors (Lipinski definition) is 1. The molecule has 0 aliphatic carbocycles. The van der Waals surface area contributed by atoms with Crippen LogP contribution in [0.3, 0.4) is 0 Å². The van der Waals surface area contributed by atoms with Crippen LogP contribution in [0.25, 0.3) is 0 Å². The number of aromatic nitrogens is 2. The SMILES string of the molecule is Cc1ncnc(C#C[C@H](C)O)c1C. The van der Waals surface area contributed by atoms with E-state index in [2.05, 4.69) is 21.8 Å². The van der Waals surface area contributed by atoms with E-state index in [0.29, 0.717) is 5.69 Å². The minimum absolute atomic E-state index is 0.616. The lowest BCUT2D eigenvalue weighted by atomic mass is 10.2. The molecule has 0 saturated heterocycles. The van der Waals surface area contributed by atoms with Gasteiger partial charge in [0.2, 0.25) is 0 Å². The van der Waals surface area contributed by atoms with Crippen LogP contribution in [0.1, 0.15) is 23.9 Å². The van der Waals surface area contributed by atoms with Crippen molar-refractivity contribution in [3.05, 3.63) is 23.3 Å². The molecule has 3 nitrogen and oxygen atoms in total. The third kappa shape index (κ3) is 2.53. The van der Waals surface area contributed by atoms with Gasteiger partial charge in [0, 0.05) is 11.3 Å². The molecule has 0 saturated carbocycles. The van der Waals surface area contributed by atoms with E-state index in [9.17, 15) is 0 Å². The first-order valence-electron chi connectivity index (χ1n) is 4.09. The third-order valence-corrected chi connectivity index (χ3v) is 1.74. The van der Waals surface area contributed by atoms with Crippen molar-refractivity contribution in [2.24, 2.45) is 0 Å². The van der Waals surface area contributed by atoms with E-state index in [1.165, 1.54) is 6.33 Å². The highest BCUT2D eigenvalue weighted by Crippen LogP contribution is 2.04. The summed E-state index contributed by atoms with van der Waals surface area (Å²) in [5, 5.41) is 8.96. The molecule has 0 aromatic carbocycles. The molecule has 1 rings (SSSR count). The maximum absolute atomic E-state index is 8.96. The molecule has 0 amide bonds. The van der Waals surface area contributed by atoms with E-state index in [4.69, 9.17) is 5.11 Å². The second-order valence-corrected chi connectivity index (χ2v) is 2.88. The van der Waals surface area contributed by atoms with Gasteiger partial charge in [0.05, 0.1) is 0 Å². The smallest absolute Gasteiger partial charge is 0.119 e. The number of rotatable bonds is 0. The number of aliphatic hydroxyl groups excluding tert-OH is 1. The van der Waals surface area contributed by atoms with Gasteiger partial charge < -0.3 is 5.11 Å². The molecule has 0 aliphatic rings. The fourth-order valence-corrected chi connectivity index (χ4v) is 0.837. The lowest BCUT2D eigenvalue weighted by Gasteiger charge is -1.99. The van der Waals surface area contributed by atoms with Crippen LogP contribution in [0.4, 0.5) is 0 Å². The van der Waals surface area contributed by atoms with Crippen LogP contribution >= 0.6 is 0 Å². The quantitative estimate of drug-likeness (QED) is 0.595. The van der Waals surface area contributed by atoms with Gasteiger partial charge in [-0.2, -0.15) is 0 Å². The summed E-state index contributed by atoms with van der Waals surface area (Å²) in [5.74, 6) is 5.45. The van der Waals surface area contributed by atoms with Crippen molar-refractivity contribution in [3.8, 4) is 11.8 Å². The molecule has 0 unspecified atom stereocenters. The normalized spacial score (nSPS) is 11.7. The first-order chi connectivity index (χ1) is 6.11. The van der Waals surface area contributed by atoms with Crippen molar-refractivity contribution >= 4 is 0 Å². The van der Waals surface area contributed by atoms with Gasteiger partial charge in [0.1, 0.15) is 18.1 Å². The monoisotopic (exact) mass is 176 g/mol. The zero-order chi connectivity index (χ0) is 9.84. The van der Waals surface area contributed by atoms with E-state index in [0.717, 1.165) is 11.3 Å². The minimum atomic E-state index is -0.616. The predicted molar refractivity (Wildman–Crippen MR) is 50.1 cm³/mol. The Bertz CT molecular complexity index is 361. The molecule has 13 heavy (non-hydrogen) atoms. The molecule has 1 heterocycles. The zero-order valence-corrected chi connectivity index (χ0v) is 8.00. The van der Waals surface area contributed by atoms with Crippen LogP contribution < -0.4 is 0 Å². The maximum atomic E-state index is 8.96. The number of aliphatic hydroxyl groups is 1. The molecule has 0 radical (unpaired) electrons. The Labute approximate surface area is 77.9 Å². The molecule has 1 N–H and O–H groups in total. The van der Waals surface area contributed by atoms with Gasteiger partial charge in [0.15, 0.2) is 0 Å². The summed E-state index contributed by atoms with van der Waals surface area (Å²) in [7, 11) is 0. The second-order valence-electron chi connectivity index (χ2n) is 2.88. The first-order valence-corrected chi connectivity index (χ1v) is 4.09. The Hall–Kier alpha value is -1.40. The van der Waals surface area contributed by atoms with E-state index in [1.54, 1.807) is 6.92 Å². The molecular weight excluding hydrogens is 164 g/mol. The van der Waals surface area contributed by atoms with Gasteiger partial charge in [-0.1, -0.05) is 5.92 Å². The molecule has 1 aromatic rings. The first kappa shape index (κ1) is 9.69. The van der Waals surface area contributed by atoms with Crippen molar-refractivity contribution in [3.63, 3.8) is 0 Å². The lowest BCUT2D eigenvalue weighted by molar-refractivity contribution is 0.253. The van der Waals surface area contributed by atoms with Gasteiger partial charge in [0.25, 0.3) is 0 Å². The molecule has 1 aromatic heterocycles. The maximum Gasteiger partial charge on any atom is 0.119 e. The van der Waals surface area contributed by atoms with Gasteiger partial charge in [-0.3, -0.25) is 0 Å². The zero-order valence-electron chi connectivity index (χ0n) is 8.00. The number of nitrogens with zero attached hydrogens (tertiary/aromatic N) is 2. The van der Waals surface area contributed by atoms with Crippen LogP contribution in [0.2, 0.25) is 0 Å². The van der Waals surface area contributed by atoms with Crippen molar-refractivity contribution in [2.45, 2.75) is 26.9 Å². The highest BCUT2D eigenvalue weighted by Gasteiger charge is 1.99. The standard InChI is InChI=1S/C10H12N2O/c1-7(13)4-5-10-8(2)9(3)11-6-12-10/h6-7,13H,1-3H3/t7-/m0/s1. The fraction of sp³-hybridized carbons (Fsp3) is 0.400. The van der Waals surface area contributed by atoms with Crippen molar-refractivity contribution < 1.29 is 5.11 Å².